The summed E-state index contributed by atoms with van der Waals surface area (Å²) in [5, 5.41) is 0. The van der Waals surface area contributed by atoms with Crippen molar-refractivity contribution < 1.29 is 9.53 Å². The fourth-order valence-electron chi connectivity index (χ4n) is 1.12. The number of carbonyl (C=O) groups excluding carboxylic acids is 1. The largest absolute Gasteiger partial charge is 0.377 e. The van der Waals surface area contributed by atoms with E-state index in [2.05, 4.69) is 18.7 Å². The first kappa shape index (κ1) is 11.6. The SMILES string of the molecule is CCCN(CC)CC(=O)COC. The van der Waals surface area contributed by atoms with Crippen LogP contribution in [0.1, 0.15) is 20.3 Å². The smallest absolute Gasteiger partial charge is 0.172 e. The number of methoxy groups -OCH3 is 1. The second kappa shape index (κ2) is 7.25. The Morgan fingerprint density at radius 2 is 2.08 bits per heavy atom. The molecule has 0 aliphatic carbocycles. The average molecular weight is 173 g/mol. The Balaban J connectivity index is 3.61. The molecule has 0 aromatic rings. The number of hydrogen-bond acceptors (Lipinski definition) is 3. The van der Waals surface area contributed by atoms with Crippen molar-refractivity contribution in [1.82, 2.24) is 4.90 Å². The lowest BCUT2D eigenvalue weighted by atomic mass is 10.3. The monoisotopic (exact) mass is 173 g/mol. The van der Waals surface area contributed by atoms with E-state index in [9.17, 15) is 4.79 Å². The molecular weight excluding hydrogens is 154 g/mol. The molecule has 0 heterocycles. The summed E-state index contributed by atoms with van der Waals surface area (Å²) in [7, 11) is 1.55. The predicted molar refractivity (Wildman–Crippen MR) is 49.3 cm³/mol. The Bertz CT molecular complexity index is 126. The van der Waals surface area contributed by atoms with E-state index in [-0.39, 0.29) is 12.4 Å². The topological polar surface area (TPSA) is 29.5 Å². The highest BCUT2D eigenvalue weighted by Crippen LogP contribution is 1.91. The van der Waals surface area contributed by atoms with Crippen LogP contribution in [0.2, 0.25) is 0 Å². The van der Waals surface area contributed by atoms with Crippen LogP contribution >= 0.6 is 0 Å². The summed E-state index contributed by atoms with van der Waals surface area (Å²) in [4.78, 5) is 13.2. The van der Waals surface area contributed by atoms with E-state index in [4.69, 9.17) is 4.74 Å². The van der Waals surface area contributed by atoms with Crippen LogP contribution in [0.4, 0.5) is 0 Å². The lowest BCUT2D eigenvalue weighted by Gasteiger charge is -2.17. The van der Waals surface area contributed by atoms with E-state index in [0.717, 1.165) is 19.5 Å². The van der Waals surface area contributed by atoms with Crippen molar-refractivity contribution in [2.24, 2.45) is 0 Å². The Labute approximate surface area is 74.7 Å². The molecule has 0 fully saturated rings. The quantitative estimate of drug-likeness (QED) is 0.573. The summed E-state index contributed by atoms with van der Waals surface area (Å²) in [5.74, 6) is 0.160. The zero-order chi connectivity index (χ0) is 9.40. The first-order chi connectivity index (χ1) is 5.74. The van der Waals surface area contributed by atoms with Gasteiger partial charge in [0, 0.05) is 7.11 Å². The molecule has 12 heavy (non-hydrogen) atoms. The molecule has 0 saturated carbocycles. The van der Waals surface area contributed by atoms with Crippen LogP contribution in [0.3, 0.4) is 0 Å². The van der Waals surface area contributed by atoms with Gasteiger partial charge in [-0.15, -0.1) is 0 Å². The molecule has 0 amide bonds. The molecule has 0 rings (SSSR count). The number of hydrogen-bond donors (Lipinski definition) is 0. The lowest BCUT2D eigenvalue weighted by Crippen LogP contribution is -2.32. The van der Waals surface area contributed by atoms with Gasteiger partial charge in [0.2, 0.25) is 0 Å². The molecule has 72 valence electrons. The minimum absolute atomic E-state index is 0.160. The molecule has 0 aliphatic heterocycles. The minimum Gasteiger partial charge on any atom is -0.377 e. The molecule has 0 aliphatic rings. The fraction of sp³-hybridized carbons (Fsp3) is 0.889. The van der Waals surface area contributed by atoms with Crippen LogP contribution in [0, 0.1) is 0 Å². The van der Waals surface area contributed by atoms with Gasteiger partial charge in [0.25, 0.3) is 0 Å². The van der Waals surface area contributed by atoms with Gasteiger partial charge in [-0.05, 0) is 19.5 Å². The standard InChI is InChI=1S/C9H19NO2/c1-4-6-10(5-2)7-9(11)8-12-3/h4-8H2,1-3H3. The Morgan fingerprint density at radius 3 is 2.50 bits per heavy atom. The molecule has 0 unspecified atom stereocenters. The number of ether oxygens (including phenoxy) is 1. The van der Waals surface area contributed by atoms with Crippen LogP contribution in [-0.4, -0.2) is 44.0 Å². The third-order valence-corrected chi connectivity index (χ3v) is 1.69. The highest BCUT2D eigenvalue weighted by molar-refractivity contribution is 5.81. The molecule has 0 saturated heterocycles. The van der Waals surface area contributed by atoms with Crippen molar-refractivity contribution in [3.8, 4) is 0 Å². The van der Waals surface area contributed by atoms with Gasteiger partial charge < -0.3 is 4.74 Å². The van der Waals surface area contributed by atoms with E-state index in [0.29, 0.717) is 6.54 Å². The van der Waals surface area contributed by atoms with E-state index in [1.165, 1.54) is 0 Å². The third-order valence-electron chi connectivity index (χ3n) is 1.69. The van der Waals surface area contributed by atoms with Crippen LogP contribution in [0.5, 0.6) is 0 Å². The van der Waals surface area contributed by atoms with Crippen LogP contribution in [0.25, 0.3) is 0 Å². The molecule has 0 atom stereocenters. The molecule has 0 bridgehead atoms. The summed E-state index contributed by atoms with van der Waals surface area (Å²) < 4.78 is 4.75. The van der Waals surface area contributed by atoms with Gasteiger partial charge in [-0.3, -0.25) is 9.69 Å². The number of carbonyl (C=O) groups is 1. The van der Waals surface area contributed by atoms with E-state index < -0.39 is 0 Å². The maximum Gasteiger partial charge on any atom is 0.172 e. The van der Waals surface area contributed by atoms with Gasteiger partial charge in [0.1, 0.15) is 6.61 Å². The second-order valence-electron chi connectivity index (χ2n) is 2.84. The fourth-order valence-corrected chi connectivity index (χ4v) is 1.12. The highest BCUT2D eigenvalue weighted by Gasteiger charge is 2.06. The summed E-state index contributed by atoms with van der Waals surface area (Å²) in [6.45, 7) is 6.87. The Hall–Kier alpha value is -0.410. The molecule has 0 aromatic carbocycles. The highest BCUT2D eigenvalue weighted by atomic mass is 16.5. The number of Topliss-reactive ketones (excluding diaryl/α,β-unsaturated/α-hetero) is 1. The lowest BCUT2D eigenvalue weighted by molar-refractivity contribution is -0.123. The predicted octanol–water partition coefficient (Wildman–Crippen LogP) is 0.934. The molecule has 3 nitrogen and oxygen atoms in total. The average Bonchev–Trinajstić information content (AvgIpc) is 2.04. The molecule has 0 N–H and O–H groups in total. The molecule has 3 heteroatoms. The number of nitrogens with zero attached hydrogens (tertiary/aromatic N) is 1. The first-order valence-corrected chi connectivity index (χ1v) is 4.47. The zero-order valence-corrected chi connectivity index (χ0v) is 8.30. The van der Waals surface area contributed by atoms with Crippen molar-refractivity contribution in [1.29, 1.82) is 0 Å². The summed E-state index contributed by atoms with van der Waals surface area (Å²) in [6, 6.07) is 0. The maximum atomic E-state index is 11.1. The van der Waals surface area contributed by atoms with Gasteiger partial charge in [-0.25, -0.2) is 0 Å². The maximum absolute atomic E-state index is 11.1. The van der Waals surface area contributed by atoms with Crippen LogP contribution in [0.15, 0.2) is 0 Å². The summed E-state index contributed by atoms with van der Waals surface area (Å²) in [5.41, 5.74) is 0. The van der Waals surface area contributed by atoms with Crippen molar-refractivity contribution in [3.63, 3.8) is 0 Å². The summed E-state index contributed by atoms with van der Waals surface area (Å²) in [6.07, 6.45) is 1.09. The molecule has 0 spiro atoms. The number of rotatable bonds is 7. The first-order valence-electron chi connectivity index (χ1n) is 4.47. The van der Waals surface area contributed by atoms with Crippen molar-refractivity contribution in [2.45, 2.75) is 20.3 Å². The van der Waals surface area contributed by atoms with E-state index in [1.54, 1.807) is 7.11 Å². The molecule has 0 radical (unpaired) electrons. The number of ketones is 1. The minimum atomic E-state index is 0.160. The van der Waals surface area contributed by atoms with Crippen molar-refractivity contribution >= 4 is 5.78 Å². The van der Waals surface area contributed by atoms with Gasteiger partial charge in [0.05, 0.1) is 6.54 Å². The normalized spacial score (nSPS) is 10.7. The van der Waals surface area contributed by atoms with Crippen molar-refractivity contribution in [3.05, 3.63) is 0 Å². The van der Waals surface area contributed by atoms with E-state index in [1.807, 2.05) is 0 Å². The van der Waals surface area contributed by atoms with Crippen LogP contribution < -0.4 is 0 Å². The van der Waals surface area contributed by atoms with Crippen molar-refractivity contribution in [2.75, 3.05) is 33.4 Å². The summed E-state index contributed by atoms with van der Waals surface area (Å²) >= 11 is 0. The molecule has 0 aromatic heterocycles. The van der Waals surface area contributed by atoms with Gasteiger partial charge in [0.15, 0.2) is 5.78 Å². The van der Waals surface area contributed by atoms with Gasteiger partial charge in [-0.1, -0.05) is 13.8 Å². The zero-order valence-electron chi connectivity index (χ0n) is 8.30. The van der Waals surface area contributed by atoms with E-state index >= 15 is 0 Å². The van der Waals surface area contributed by atoms with Gasteiger partial charge in [-0.2, -0.15) is 0 Å². The Morgan fingerprint density at radius 1 is 1.42 bits per heavy atom. The molecular formula is C9H19NO2. The third kappa shape index (κ3) is 5.27. The van der Waals surface area contributed by atoms with Crippen LogP contribution in [-0.2, 0) is 9.53 Å². The van der Waals surface area contributed by atoms with Gasteiger partial charge >= 0.3 is 0 Å². The second-order valence-corrected chi connectivity index (χ2v) is 2.84. The number of likely N-dealkylation sites (N-methyl/N-ethyl adjacent to an activating group) is 1. The Kier molecular flexibility index (Phi) is 7.00.